The molecular formula is C23H26ClN5OS. The number of carbonyl (C=O) groups excluding carboxylic acids is 1. The number of aromatic nitrogens is 2. The number of H-pyrrole nitrogens is 1. The molecule has 4 heterocycles. The van der Waals surface area contributed by atoms with Crippen LogP contribution in [0.3, 0.4) is 0 Å². The molecule has 1 aromatic carbocycles. The van der Waals surface area contributed by atoms with Gasteiger partial charge in [0.2, 0.25) is 0 Å². The van der Waals surface area contributed by atoms with Gasteiger partial charge in [-0.1, -0.05) is 30.3 Å². The highest BCUT2D eigenvalue weighted by Gasteiger charge is 2.29. The molecule has 5 rings (SSSR count). The molecule has 31 heavy (non-hydrogen) atoms. The number of hydrogen-bond donors (Lipinski definition) is 3. The molecule has 1 amide bonds. The molecule has 0 saturated carbocycles. The summed E-state index contributed by atoms with van der Waals surface area (Å²) in [5, 5.41) is 7.93. The molecule has 1 unspecified atom stereocenters. The molecule has 162 valence electrons. The van der Waals surface area contributed by atoms with E-state index in [0.29, 0.717) is 0 Å². The van der Waals surface area contributed by atoms with Crippen LogP contribution in [0.4, 0.5) is 5.69 Å². The first kappa shape index (κ1) is 21.7. The van der Waals surface area contributed by atoms with Crippen LogP contribution in [0.15, 0.2) is 66.0 Å². The summed E-state index contributed by atoms with van der Waals surface area (Å²) in [5.41, 5.74) is 3.08. The van der Waals surface area contributed by atoms with E-state index in [2.05, 4.69) is 37.6 Å². The standard InChI is InChI=1S/C23H25N5OS.ClH/c29-23(27-21(18-7-4-10-24-18)16-5-2-1-3-6-16)20-15-28(13-14-30-20)19-9-12-26-22-17(19)8-11-25-22;/h1-3,5-6,8-9,11-12,15,18,21,24H,4,7,10,13-14H2,(H,25,26)(H,27,29);1H/t18-,21?;/m0./s1. The summed E-state index contributed by atoms with van der Waals surface area (Å²) in [5.74, 6) is 0.858. The number of halogens is 1. The topological polar surface area (TPSA) is 73.1 Å². The first-order chi connectivity index (χ1) is 14.8. The van der Waals surface area contributed by atoms with E-state index < -0.39 is 0 Å². The number of anilines is 1. The second-order valence-corrected chi connectivity index (χ2v) is 8.81. The largest absolute Gasteiger partial charge is 0.346 e. The number of rotatable bonds is 5. The van der Waals surface area contributed by atoms with E-state index in [1.807, 2.05) is 42.7 Å². The number of aromatic amines is 1. The smallest absolute Gasteiger partial charge is 0.259 e. The van der Waals surface area contributed by atoms with Crippen molar-refractivity contribution in [3.05, 3.63) is 71.5 Å². The van der Waals surface area contributed by atoms with E-state index in [-0.39, 0.29) is 30.4 Å². The highest BCUT2D eigenvalue weighted by atomic mass is 35.5. The molecule has 0 bridgehead atoms. The maximum Gasteiger partial charge on any atom is 0.259 e. The Balaban J connectivity index is 0.00000231. The highest BCUT2D eigenvalue weighted by molar-refractivity contribution is 8.04. The Labute approximate surface area is 192 Å². The number of nitrogens with zero attached hydrogens (tertiary/aromatic N) is 2. The molecular weight excluding hydrogens is 430 g/mol. The van der Waals surface area contributed by atoms with Crippen LogP contribution < -0.4 is 15.5 Å². The van der Waals surface area contributed by atoms with Crippen LogP contribution >= 0.6 is 24.2 Å². The maximum absolute atomic E-state index is 13.3. The minimum atomic E-state index is -0.0321. The van der Waals surface area contributed by atoms with E-state index in [9.17, 15) is 4.79 Å². The van der Waals surface area contributed by atoms with Crippen LogP contribution in [0.1, 0.15) is 24.4 Å². The van der Waals surface area contributed by atoms with Gasteiger partial charge in [0.05, 0.1) is 16.6 Å². The number of hydrogen-bond acceptors (Lipinski definition) is 5. The number of thioether (sulfide) groups is 1. The predicted molar refractivity (Wildman–Crippen MR) is 130 cm³/mol. The molecule has 6 nitrogen and oxygen atoms in total. The summed E-state index contributed by atoms with van der Waals surface area (Å²) in [6.07, 6.45) is 7.90. The Morgan fingerprint density at radius 1 is 1.23 bits per heavy atom. The zero-order chi connectivity index (χ0) is 20.3. The van der Waals surface area contributed by atoms with Gasteiger partial charge in [-0.15, -0.1) is 24.2 Å². The average Bonchev–Trinajstić information content (AvgIpc) is 3.50. The lowest BCUT2D eigenvalue weighted by Crippen LogP contribution is -2.41. The molecule has 2 aromatic heterocycles. The highest BCUT2D eigenvalue weighted by Crippen LogP contribution is 2.31. The first-order valence-electron chi connectivity index (χ1n) is 10.4. The third-order valence-electron chi connectivity index (χ3n) is 5.78. The Morgan fingerprint density at radius 2 is 2.10 bits per heavy atom. The third-order valence-corrected chi connectivity index (χ3v) is 6.77. The number of fused-ring (bicyclic) bond motifs is 1. The fourth-order valence-corrected chi connectivity index (χ4v) is 5.19. The number of amides is 1. The number of nitrogens with one attached hydrogen (secondary N) is 3. The fourth-order valence-electron chi connectivity index (χ4n) is 4.29. The van der Waals surface area contributed by atoms with Crippen molar-refractivity contribution in [2.24, 2.45) is 0 Å². The van der Waals surface area contributed by atoms with Gasteiger partial charge in [-0.05, 0) is 37.1 Å². The second-order valence-electron chi connectivity index (χ2n) is 7.67. The van der Waals surface area contributed by atoms with E-state index in [1.165, 1.54) is 0 Å². The molecule has 3 aromatic rings. The number of carbonyl (C=O) groups is 1. The average molecular weight is 456 g/mol. The van der Waals surface area contributed by atoms with Crippen molar-refractivity contribution in [3.63, 3.8) is 0 Å². The van der Waals surface area contributed by atoms with Gasteiger partial charge in [0, 0.05) is 42.3 Å². The lowest BCUT2D eigenvalue weighted by atomic mass is 9.98. The predicted octanol–water partition coefficient (Wildman–Crippen LogP) is 3.99. The monoisotopic (exact) mass is 455 g/mol. The van der Waals surface area contributed by atoms with Gasteiger partial charge >= 0.3 is 0 Å². The van der Waals surface area contributed by atoms with Gasteiger partial charge in [0.15, 0.2) is 0 Å². The lowest BCUT2D eigenvalue weighted by molar-refractivity contribution is -0.117. The molecule has 3 N–H and O–H groups in total. The van der Waals surface area contributed by atoms with Crippen molar-refractivity contribution < 1.29 is 4.79 Å². The van der Waals surface area contributed by atoms with E-state index in [4.69, 9.17) is 0 Å². The Bertz CT molecular complexity index is 1060. The Morgan fingerprint density at radius 3 is 2.90 bits per heavy atom. The Hall–Kier alpha value is -2.48. The number of pyridine rings is 1. The lowest BCUT2D eigenvalue weighted by Gasteiger charge is -2.29. The first-order valence-corrected chi connectivity index (χ1v) is 11.4. The Kier molecular flexibility index (Phi) is 6.85. The van der Waals surface area contributed by atoms with Gasteiger partial charge in [0.25, 0.3) is 5.91 Å². The summed E-state index contributed by atoms with van der Waals surface area (Å²) in [6, 6.07) is 14.5. The molecule has 1 fully saturated rings. The SMILES string of the molecule is Cl.O=C(NC(c1ccccc1)[C@@H]1CCCN1)C1=CN(c2ccnc3[nH]ccc23)CCS1. The molecule has 0 spiro atoms. The van der Waals surface area contributed by atoms with Crippen LogP contribution in [0, 0.1) is 0 Å². The van der Waals surface area contributed by atoms with Crippen LogP contribution in [-0.2, 0) is 4.79 Å². The van der Waals surface area contributed by atoms with E-state index in [0.717, 1.165) is 58.9 Å². The van der Waals surface area contributed by atoms with Crippen LogP contribution in [0.5, 0.6) is 0 Å². The van der Waals surface area contributed by atoms with Crippen molar-refractivity contribution in [2.45, 2.75) is 24.9 Å². The minimum absolute atomic E-state index is 0. The summed E-state index contributed by atoms with van der Waals surface area (Å²) < 4.78 is 0. The maximum atomic E-state index is 13.3. The third kappa shape index (κ3) is 4.59. The van der Waals surface area contributed by atoms with Crippen LogP contribution in [-0.4, -0.2) is 40.8 Å². The summed E-state index contributed by atoms with van der Waals surface area (Å²) >= 11 is 1.62. The summed E-state index contributed by atoms with van der Waals surface area (Å²) in [6.45, 7) is 1.86. The van der Waals surface area contributed by atoms with Crippen molar-refractivity contribution in [3.8, 4) is 0 Å². The van der Waals surface area contributed by atoms with E-state index >= 15 is 0 Å². The minimum Gasteiger partial charge on any atom is -0.346 e. The van der Waals surface area contributed by atoms with E-state index in [1.54, 1.807) is 18.0 Å². The number of benzene rings is 1. The molecule has 2 aliphatic heterocycles. The summed E-state index contributed by atoms with van der Waals surface area (Å²) in [7, 11) is 0. The summed E-state index contributed by atoms with van der Waals surface area (Å²) in [4.78, 5) is 23.7. The molecule has 1 saturated heterocycles. The fraction of sp³-hybridized carbons (Fsp3) is 0.304. The zero-order valence-corrected chi connectivity index (χ0v) is 18.7. The van der Waals surface area contributed by atoms with Gasteiger partial charge in [-0.3, -0.25) is 4.79 Å². The zero-order valence-electron chi connectivity index (χ0n) is 17.1. The van der Waals surface area contributed by atoms with Gasteiger partial charge in [0.1, 0.15) is 5.65 Å². The van der Waals surface area contributed by atoms with Crippen LogP contribution in [0.25, 0.3) is 11.0 Å². The molecule has 8 heteroatoms. The van der Waals surface area contributed by atoms with Crippen molar-refractivity contribution >= 4 is 46.8 Å². The molecule has 2 aliphatic rings. The quantitative estimate of drug-likeness (QED) is 0.542. The van der Waals surface area contributed by atoms with Crippen molar-refractivity contribution in [1.82, 2.24) is 20.6 Å². The van der Waals surface area contributed by atoms with Gasteiger partial charge in [-0.25, -0.2) is 4.98 Å². The van der Waals surface area contributed by atoms with Gasteiger partial charge in [-0.2, -0.15) is 0 Å². The second kappa shape index (κ2) is 9.77. The van der Waals surface area contributed by atoms with Crippen LogP contribution in [0.2, 0.25) is 0 Å². The van der Waals surface area contributed by atoms with Crippen molar-refractivity contribution in [2.75, 3.05) is 23.7 Å². The van der Waals surface area contributed by atoms with Crippen molar-refractivity contribution in [1.29, 1.82) is 0 Å². The molecule has 2 atom stereocenters. The normalized spacial score (nSPS) is 19.5. The molecule has 0 aliphatic carbocycles. The van der Waals surface area contributed by atoms with Gasteiger partial charge < -0.3 is 20.5 Å². The molecule has 0 radical (unpaired) electrons.